The third-order valence-electron chi connectivity index (χ3n) is 2.95. The Labute approximate surface area is 109 Å². The van der Waals surface area contributed by atoms with Gasteiger partial charge in [0.15, 0.2) is 5.78 Å². The fourth-order valence-corrected chi connectivity index (χ4v) is 1.92. The van der Waals surface area contributed by atoms with E-state index in [0.29, 0.717) is 11.1 Å². The van der Waals surface area contributed by atoms with Gasteiger partial charge in [0.05, 0.1) is 22.8 Å². The second kappa shape index (κ2) is 4.61. The Bertz CT molecular complexity index is 748. The number of carbonyl (C=O) groups is 1. The van der Waals surface area contributed by atoms with E-state index in [2.05, 4.69) is 15.1 Å². The Hall–Kier alpha value is -2.56. The van der Waals surface area contributed by atoms with Crippen LogP contribution in [0.5, 0.6) is 0 Å². The molecule has 0 aliphatic rings. The van der Waals surface area contributed by atoms with Crippen LogP contribution in [0.3, 0.4) is 0 Å². The van der Waals surface area contributed by atoms with Crippen LogP contribution in [-0.2, 0) is 6.54 Å². The van der Waals surface area contributed by atoms with Crippen LogP contribution in [0.4, 0.5) is 0 Å². The van der Waals surface area contributed by atoms with Crippen molar-refractivity contribution < 1.29 is 4.79 Å². The number of aromatic nitrogens is 4. The number of ketones is 1. The van der Waals surface area contributed by atoms with Crippen LogP contribution in [0.25, 0.3) is 11.0 Å². The van der Waals surface area contributed by atoms with E-state index in [4.69, 9.17) is 0 Å². The van der Waals surface area contributed by atoms with Crippen LogP contribution in [0, 0.1) is 0 Å². The van der Waals surface area contributed by atoms with Crippen molar-refractivity contribution in [2.24, 2.45) is 0 Å². The SMILES string of the molecule is CCn1cc(C(=O)c2ccc3nccnc3c2)cn1. The lowest BCUT2D eigenvalue weighted by Crippen LogP contribution is -2.00. The van der Waals surface area contributed by atoms with Crippen LogP contribution in [0.15, 0.2) is 43.0 Å². The number of rotatable bonds is 3. The first-order valence-corrected chi connectivity index (χ1v) is 6.06. The zero-order valence-corrected chi connectivity index (χ0v) is 10.4. The maximum atomic E-state index is 12.3. The van der Waals surface area contributed by atoms with Crippen molar-refractivity contribution in [2.45, 2.75) is 13.5 Å². The minimum absolute atomic E-state index is 0.0488. The Morgan fingerprint density at radius 2 is 1.95 bits per heavy atom. The van der Waals surface area contributed by atoms with Crippen LogP contribution in [0.1, 0.15) is 22.8 Å². The molecule has 1 aromatic carbocycles. The Balaban J connectivity index is 2.01. The molecule has 0 saturated heterocycles. The van der Waals surface area contributed by atoms with E-state index in [1.54, 1.807) is 47.7 Å². The molecule has 0 saturated carbocycles. The number of fused-ring (bicyclic) bond motifs is 1. The predicted molar refractivity (Wildman–Crippen MR) is 70.9 cm³/mol. The fourth-order valence-electron chi connectivity index (χ4n) is 1.92. The van der Waals surface area contributed by atoms with Crippen LogP contribution in [-0.4, -0.2) is 25.5 Å². The first kappa shape index (κ1) is 11.5. The minimum atomic E-state index is -0.0488. The Kier molecular flexibility index (Phi) is 2.79. The summed E-state index contributed by atoms with van der Waals surface area (Å²) >= 11 is 0. The first-order valence-electron chi connectivity index (χ1n) is 6.06. The summed E-state index contributed by atoms with van der Waals surface area (Å²) in [5.74, 6) is -0.0488. The molecule has 0 fully saturated rings. The highest BCUT2D eigenvalue weighted by Crippen LogP contribution is 2.14. The van der Waals surface area contributed by atoms with Gasteiger partial charge in [-0.3, -0.25) is 19.4 Å². The molecule has 19 heavy (non-hydrogen) atoms. The molecule has 0 N–H and O–H groups in total. The van der Waals surface area contributed by atoms with Gasteiger partial charge in [-0.2, -0.15) is 5.10 Å². The predicted octanol–water partition coefficient (Wildman–Crippen LogP) is 2.08. The van der Waals surface area contributed by atoms with Crippen molar-refractivity contribution in [2.75, 3.05) is 0 Å². The molecule has 0 aliphatic heterocycles. The average Bonchev–Trinajstić information content (AvgIpc) is 2.95. The molecule has 0 aliphatic carbocycles. The topological polar surface area (TPSA) is 60.7 Å². The summed E-state index contributed by atoms with van der Waals surface area (Å²) < 4.78 is 1.73. The van der Waals surface area contributed by atoms with Crippen LogP contribution in [0.2, 0.25) is 0 Å². The molecule has 0 unspecified atom stereocenters. The van der Waals surface area contributed by atoms with E-state index >= 15 is 0 Å². The molecule has 3 rings (SSSR count). The van der Waals surface area contributed by atoms with Gasteiger partial charge in [0.1, 0.15) is 0 Å². The molecule has 0 radical (unpaired) electrons. The number of hydrogen-bond acceptors (Lipinski definition) is 4. The molecular formula is C14H12N4O. The van der Waals surface area contributed by atoms with Crippen LogP contribution >= 0.6 is 0 Å². The maximum Gasteiger partial charge on any atom is 0.196 e. The van der Waals surface area contributed by atoms with Gasteiger partial charge < -0.3 is 0 Å². The summed E-state index contributed by atoms with van der Waals surface area (Å²) in [5.41, 5.74) is 2.69. The minimum Gasteiger partial charge on any atom is -0.288 e. The zero-order valence-electron chi connectivity index (χ0n) is 10.4. The summed E-state index contributed by atoms with van der Waals surface area (Å²) in [5, 5.41) is 4.11. The molecule has 2 heterocycles. The molecule has 5 heteroatoms. The second-order valence-corrected chi connectivity index (χ2v) is 4.17. The maximum absolute atomic E-state index is 12.3. The van der Waals surface area contributed by atoms with E-state index in [9.17, 15) is 4.79 Å². The average molecular weight is 252 g/mol. The molecule has 0 spiro atoms. The van der Waals surface area contributed by atoms with Gasteiger partial charge >= 0.3 is 0 Å². The van der Waals surface area contributed by atoms with Gasteiger partial charge in [-0.05, 0) is 25.1 Å². The van der Waals surface area contributed by atoms with Crippen molar-refractivity contribution in [3.8, 4) is 0 Å². The molecule has 3 aromatic rings. The summed E-state index contributed by atoms with van der Waals surface area (Å²) in [6, 6.07) is 5.33. The number of benzene rings is 1. The summed E-state index contributed by atoms with van der Waals surface area (Å²) in [6.45, 7) is 2.73. The lowest BCUT2D eigenvalue weighted by Gasteiger charge is -2.00. The molecule has 94 valence electrons. The first-order chi connectivity index (χ1) is 9.28. The van der Waals surface area contributed by atoms with Crippen molar-refractivity contribution >= 4 is 16.8 Å². The van der Waals surface area contributed by atoms with E-state index in [-0.39, 0.29) is 5.78 Å². The van der Waals surface area contributed by atoms with Gasteiger partial charge in [0, 0.05) is 30.7 Å². The summed E-state index contributed by atoms with van der Waals surface area (Å²) in [6.07, 6.45) is 6.59. The number of carbonyl (C=O) groups excluding carboxylic acids is 1. The number of aryl methyl sites for hydroxylation is 1. The molecule has 2 aromatic heterocycles. The number of hydrogen-bond donors (Lipinski definition) is 0. The van der Waals surface area contributed by atoms with E-state index < -0.39 is 0 Å². The van der Waals surface area contributed by atoms with Crippen molar-refractivity contribution in [3.05, 3.63) is 54.1 Å². The number of nitrogens with zero attached hydrogens (tertiary/aromatic N) is 4. The summed E-state index contributed by atoms with van der Waals surface area (Å²) in [4.78, 5) is 20.7. The Morgan fingerprint density at radius 1 is 1.16 bits per heavy atom. The van der Waals surface area contributed by atoms with Gasteiger partial charge in [-0.15, -0.1) is 0 Å². The van der Waals surface area contributed by atoms with E-state index in [0.717, 1.165) is 17.6 Å². The quantitative estimate of drug-likeness (QED) is 0.669. The highest BCUT2D eigenvalue weighted by Gasteiger charge is 2.12. The lowest BCUT2D eigenvalue weighted by molar-refractivity contribution is 0.103. The smallest absolute Gasteiger partial charge is 0.196 e. The van der Waals surface area contributed by atoms with Crippen molar-refractivity contribution in [1.82, 2.24) is 19.7 Å². The standard InChI is InChI=1S/C14H12N4O/c1-2-18-9-11(8-17-18)14(19)10-3-4-12-13(7-10)16-6-5-15-12/h3-9H,2H2,1H3. The highest BCUT2D eigenvalue weighted by atomic mass is 16.1. The third kappa shape index (κ3) is 2.10. The molecular weight excluding hydrogens is 240 g/mol. The van der Waals surface area contributed by atoms with Gasteiger partial charge in [0.2, 0.25) is 0 Å². The van der Waals surface area contributed by atoms with Crippen molar-refractivity contribution in [1.29, 1.82) is 0 Å². The van der Waals surface area contributed by atoms with Crippen molar-refractivity contribution in [3.63, 3.8) is 0 Å². The molecule has 0 amide bonds. The van der Waals surface area contributed by atoms with Crippen LogP contribution < -0.4 is 0 Å². The largest absolute Gasteiger partial charge is 0.288 e. The van der Waals surface area contributed by atoms with Gasteiger partial charge in [0.25, 0.3) is 0 Å². The highest BCUT2D eigenvalue weighted by molar-refractivity contribution is 6.09. The van der Waals surface area contributed by atoms with Gasteiger partial charge in [-0.1, -0.05) is 0 Å². The molecule has 0 bridgehead atoms. The second-order valence-electron chi connectivity index (χ2n) is 4.17. The normalized spacial score (nSPS) is 10.8. The van der Waals surface area contributed by atoms with E-state index in [1.807, 2.05) is 6.92 Å². The Morgan fingerprint density at radius 3 is 2.68 bits per heavy atom. The summed E-state index contributed by atoms with van der Waals surface area (Å²) in [7, 11) is 0. The monoisotopic (exact) mass is 252 g/mol. The zero-order chi connectivity index (χ0) is 13.2. The third-order valence-corrected chi connectivity index (χ3v) is 2.95. The van der Waals surface area contributed by atoms with E-state index in [1.165, 1.54) is 0 Å². The van der Waals surface area contributed by atoms with Gasteiger partial charge in [-0.25, -0.2) is 0 Å². The fraction of sp³-hybridized carbons (Fsp3) is 0.143. The lowest BCUT2D eigenvalue weighted by atomic mass is 10.1. The molecule has 5 nitrogen and oxygen atoms in total. The molecule has 0 atom stereocenters.